The lowest BCUT2D eigenvalue weighted by Gasteiger charge is -2.11. The largest absolute Gasteiger partial charge is 0.478 e. The zero-order valence-corrected chi connectivity index (χ0v) is 23.4. The number of hydrogen-bond acceptors (Lipinski definition) is 11. The van der Waals surface area contributed by atoms with E-state index in [9.17, 15) is 53.2 Å². The third kappa shape index (κ3) is 6.90. The zero-order valence-electron chi connectivity index (χ0n) is 22.6. The van der Waals surface area contributed by atoms with E-state index >= 15 is 0 Å². The number of carbonyl (C=O) groups is 3. The van der Waals surface area contributed by atoms with Crippen molar-refractivity contribution < 1.29 is 47.7 Å². The van der Waals surface area contributed by atoms with Crippen LogP contribution in [0.5, 0.6) is 0 Å². The molecule has 0 saturated carbocycles. The zero-order chi connectivity index (χ0) is 32.9. The summed E-state index contributed by atoms with van der Waals surface area (Å²) in [6.07, 6.45) is 0. The molecule has 0 aliphatic rings. The minimum absolute atomic E-state index is 0.0369. The van der Waals surface area contributed by atoms with Gasteiger partial charge < -0.3 is 15.5 Å². The van der Waals surface area contributed by atoms with Crippen LogP contribution in [-0.2, 0) is 21.3 Å². The Labute approximate surface area is 252 Å². The molecule has 0 unspecified atom stereocenters. The number of amides is 1. The fourth-order valence-electron chi connectivity index (χ4n) is 4.15. The summed E-state index contributed by atoms with van der Waals surface area (Å²) in [5, 5.41) is 43.7. The van der Waals surface area contributed by atoms with Crippen LogP contribution >= 0.6 is 0 Å². The fourth-order valence-corrected chi connectivity index (χ4v) is 5.41. The Morgan fingerprint density at radius 1 is 0.711 bits per heavy atom. The number of carboxylic acids is 2. The van der Waals surface area contributed by atoms with E-state index in [1.54, 1.807) is 0 Å². The quantitative estimate of drug-likeness (QED) is 0.123. The van der Waals surface area contributed by atoms with Crippen molar-refractivity contribution in [3.05, 3.63) is 127 Å². The number of nitrogens with one attached hydrogen (secondary N) is 2. The third-order valence-corrected chi connectivity index (χ3v) is 8.05. The highest BCUT2D eigenvalue weighted by Crippen LogP contribution is 2.27. The predicted molar refractivity (Wildman–Crippen MR) is 155 cm³/mol. The number of nitrogens with zero attached hydrogens (tertiary/aromatic N) is 2. The van der Waals surface area contributed by atoms with Crippen LogP contribution in [0.2, 0.25) is 0 Å². The average Bonchev–Trinajstić information content (AvgIpc) is 3.00. The van der Waals surface area contributed by atoms with Crippen molar-refractivity contribution in [1.82, 2.24) is 0 Å². The summed E-state index contributed by atoms with van der Waals surface area (Å²) in [6.45, 7) is -0.489. The smallest absolute Gasteiger partial charge is 0.336 e. The van der Waals surface area contributed by atoms with E-state index < -0.39 is 66.6 Å². The summed E-state index contributed by atoms with van der Waals surface area (Å²) in [7, 11) is -4.07. The molecule has 4 aromatic rings. The van der Waals surface area contributed by atoms with E-state index in [1.165, 1.54) is 60.7 Å². The maximum Gasteiger partial charge on any atom is 0.336 e. The molecule has 0 saturated heterocycles. The van der Waals surface area contributed by atoms with E-state index in [-0.39, 0.29) is 32.3 Å². The fraction of sp³-hybridized carbons (Fsp3) is 0.0357. The van der Waals surface area contributed by atoms with E-state index in [2.05, 4.69) is 10.8 Å². The standard InChI is InChI=1S/C28H20N4O12S/c33-26(25-21(28(36)37)4-2-6-24(25)32(40)41)29-16-7-11-18(12-8-16)45(42,43)19-13-9-17(10-14-19)30-44-15-22-20(27(34)35)3-1-5-23(22)31(38)39/h1-14,30H,15H2,(H,29,33)(H,34,35)(H,36,37). The first-order valence-electron chi connectivity index (χ1n) is 12.5. The van der Waals surface area contributed by atoms with E-state index in [1.807, 2.05) is 0 Å². The molecule has 0 heterocycles. The van der Waals surface area contributed by atoms with Gasteiger partial charge >= 0.3 is 11.9 Å². The highest BCUT2D eigenvalue weighted by molar-refractivity contribution is 7.91. The summed E-state index contributed by atoms with van der Waals surface area (Å²) in [5.41, 5.74) is -0.160. The summed E-state index contributed by atoms with van der Waals surface area (Å²) >= 11 is 0. The van der Waals surface area contributed by atoms with Crippen molar-refractivity contribution in [2.24, 2.45) is 0 Å². The number of aromatic carboxylic acids is 2. The van der Waals surface area contributed by atoms with Gasteiger partial charge in [-0.2, -0.15) is 0 Å². The lowest BCUT2D eigenvalue weighted by Crippen LogP contribution is -2.18. The minimum atomic E-state index is -4.07. The monoisotopic (exact) mass is 636 g/mol. The van der Waals surface area contributed by atoms with Gasteiger partial charge in [-0.15, -0.1) is 0 Å². The molecule has 4 rings (SSSR count). The number of benzene rings is 4. The molecule has 1 amide bonds. The van der Waals surface area contributed by atoms with Gasteiger partial charge in [0, 0.05) is 17.8 Å². The molecule has 0 atom stereocenters. The van der Waals surface area contributed by atoms with Crippen molar-refractivity contribution in [1.29, 1.82) is 0 Å². The molecular weight excluding hydrogens is 616 g/mol. The number of anilines is 2. The third-order valence-electron chi connectivity index (χ3n) is 6.27. The van der Waals surface area contributed by atoms with Gasteiger partial charge in [-0.05, 0) is 60.7 Å². The second-order valence-corrected chi connectivity index (χ2v) is 11.0. The van der Waals surface area contributed by atoms with Crippen molar-refractivity contribution in [2.75, 3.05) is 10.8 Å². The van der Waals surface area contributed by atoms with E-state index in [0.29, 0.717) is 0 Å². The second kappa shape index (κ2) is 13.0. The van der Waals surface area contributed by atoms with Crippen LogP contribution in [0.4, 0.5) is 22.7 Å². The molecule has 0 radical (unpaired) electrons. The van der Waals surface area contributed by atoms with Crippen LogP contribution in [0.3, 0.4) is 0 Å². The Morgan fingerprint density at radius 3 is 1.71 bits per heavy atom. The molecule has 16 nitrogen and oxygen atoms in total. The van der Waals surface area contributed by atoms with Crippen molar-refractivity contribution >= 4 is 50.4 Å². The van der Waals surface area contributed by atoms with Gasteiger partial charge in [-0.1, -0.05) is 12.1 Å². The van der Waals surface area contributed by atoms with Crippen LogP contribution < -0.4 is 10.8 Å². The number of rotatable bonds is 12. The van der Waals surface area contributed by atoms with Gasteiger partial charge in [0.15, 0.2) is 0 Å². The van der Waals surface area contributed by atoms with Crippen LogP contribution in [0, 0.1) is 20.2 Å². The molecule has 4 N–H and O–H groups in total. The molecule has 0 aliphatic heterocycles. The number of hydrogen-bond donors (Lipinski definition) is 4. The first-order valence-corrected chi connectivity index (χ1v) is 13.9. The lowest BCUT2D eigenvalue weighted by molar-refractivity contribution is -0.386. The van der Waals surface area contributed by atoms with Crippen LogP contribution in [0.25, 0.3) is 0 Å². The minimum Gasteiger partial charge on any atom is -0.478 e. The van der Waals surface area contributed by atoms with Gasteiger partial charge in [-0.3, -0.25) is 35.3 Å². The lowest BCUT2D eigenvalue weighted by atomic mass is 10.0. The summed E-state index contributed by atoms with van der Waals surface area (Å²) in [6, 6.07) is 16.7. The van der Waals surface area contributed by atoms with Gasteiger partial charge in [0.1, 0.15) is 12.2 Å². The topological polar surface area (TPSA) is 245 Å². The Bertz CT molecular complexity index is 1880. The molecule has 45 heavy (non-hydrogen) atoms. The molecule has 0 aliphatic carbocycles. The molecule has 0 aromatic heterocycles. The number of sulfone groups is 1. The van der Waals surface area contributed by atoms with Crippen LogP contribution in [0.15, 0.2) is 94.7 Å². The molecule has 0 fully saturated rings. The van der Waals surface area contributed by atoms with Gasteiger partial charge in [0.05, 0.1) is 42.0 Å². The maximum absolute atomic E-state index is 13.1. The molecule has 230 valence electrons. The van der Waals surface area contributed by atoms with Gasteiger partial charge in [-0.25, -0.2) is 18.0 Å². The molecule has 0 bridgehead atoms. The first kappa shape index (κ1) is 31.7. The molecule has 0 spiro atoms. The Morgan fingerprint density at radius 2 is 1.20 bits per heavy atom. The average molecular weight is 637 g/mol. The Kier molecular flexibility index (Phi) is 9.15. The Balaban J connectivity index is 1.46. The summed E-state index contributed by atoms with van der Waals surface area (Å²) in [4.78, 5) is 61.7. The number of carboxylic acid groups (broad SMARTS) is 2. The molecule has 4 aromatic carbocycles. The van der Waals surface area contributed by atoms with Crippen molar-refractivity contribution in [3.8, 4) is 0 Å². The summed E-state index contributed by atoms with van der Waals surface area (Å²) < 4.78 is 26.3. The van der Waals surface area contributed by atoms with E-state index in [0.717, 1.165) is 24.3 Å². The van der Waals surface area contributed by atoms with Crippen molar-refractivity contribution in [2.45, 2.75) is 16.4 Å². The second-order valence-electron chi connectivity index (χ2n) is 9.02. The highest BCUT2D eigenvalue weighted by atomic mass is 32.2. The number of nitro groups is 2. The summed E-state index contributed by atoms with van der Waals surface area (Å²) in [5.74, 6) is -4.01. The molecular formula is C28H20N4O12S. The normalized spacial score (nSPS) is 10.9. The molecule has 17 heteroatoms. The highest BCUT2D eigenvalue weighted by Gasteiger charge is 2.27. The van der Waals surface area contributed by atoms with Crippen LogP contribution in [0.1, 0.15) is 36.6 Å². The van der Waals surface area contributed by atoms with Crippen LogP contribution in [-0.4, -0.2) is 46.3 Å². The predicted octanol–water partition coefficient (Wildman–Crippen LogP) is 4.53. The number of nitro benzene ring substituents is 2. The Hall–Kier alpha value is -6.20. The SMILES string of the molecule is O=C(O)c1cccc([N+](=O)[O-])c1CONc1ccc(S(=O)(=O)c2ccc(NC(=O)c3c(C(=O)O)cccc3[N+](=O)[O-])cc2)cc1. The van der Waals surface area contributed by atoms with Gasteiger partial charge in [0.2, 0.25) is 9.84 Å². The van der Waals surface area contributed by atoms with Gasteiger partial charge in [0.25, 0.3) is 17.3 Å². The maximum atomic E-state index is 13.1. The van der Waals surface area contributed by atoms with Crippen molar-refractivity contribution in [3.63, 3.8) is 0 Å². The number of carbonyl (C=O) groups excluding carboxylic acids is 1. The van der Waals surface area contributed by atoms with E-state index in [4.69, 9.17) is 4.84 Å². The first-order chi connectivity index (χ1) is 21.3.